The number of hydrogen-bond donors (Lipinski definition) is 1. The van der Waals surface area contributed by atoms with Gasteiger partial charge in [-0.05, 0) is 50.6 Å². The Kier molecular flexibility index (Phi) is 5.67. The van der Waals surface area contributed by atoms with Crippen molar-refractivity contribution in [2.24, 2.45) is 0 Å². The van der Waals surface area contributed by atoms with Crippen molar-refractivity contribution >= 4 is 34.9 Å². The third-order valence-corrected chi connectivity index (χ3v) is 5.45. The van der Waals surface area contributed by atoms with Crippen molar-refractivity contribution in [3.8, 4) is 11.3 Å². The maximum absolute atomic E-state index is 6.67. The van der Waals surface area contributed by atoms with Crippen LogP contribution in [0.3, 0.4) is 0 Å². The first kappa shape index (κ1) is 18.2. The predicted molar refractivity (Wildman–Crippen MR) is 108 cm³/mol. The number of aromatic nitrogens is 2. The number of rotatable bonds is 3. The largest absolute Gasteiger partial charge is 0.297 e. The molecule has 0 bridgehead atoms. The van der Waals surface area contributed by atoms with Crippen molar-refractivity contribution in [3.63, 3.8) is 0 Å². The Balaban J connectivity index is 0.00000182. The highest BCUT2D eigenvalue weighted by Gasteiger charge is 2.24. The molecule has 1 aromatic heterocycles. The van der Waals surface area contributed by atoms with Crippen LogP contribution in [0.25, 0.3) is 22.2 Å². The molecule has 132 valence electrons. The Hall–Kier alpha value is -1.55. The molecular formula is C20H23Cl2N3. The Labute approximate surface area is 159 Å². The topological polar surface area (TPSA) is 31.9 Å². The summed E-state index contributed by atoms with van der Waals surface area (Å²) in [5.74, 6) is 0. The highest BCUT2D eigenvalue weighted by atomic mass is 35.5. The van der Waals surface area contributed by atoms with Gasteiger partial charge in [0.25, 0.3) is 0 Å². The standard InChI is InChI=1S/C20H22ClN3.ClH/c1-14(24-12-6-3-7-13-24)18-16(21)10-11-17-19(18)20(23-22-17)15-8-4-2-5-9-15;/h2,4-5,8-11,14H,3,6-7,12-13H2,1H3,(H,22,23);1H. The highest BCUT2D eigenvalue weighted by Crippen LogP contribution is 2.39. The minimum Gasteiger partial charge on any atom is -0.297 e. The summed E-state index contributed by atoms with van der Waals surface area (Å²) in [5.41, 5.74) is 4.37. The average molecular weight is 376 g/mol. The molecule has 3 aromatic rings. The van der Waals surface area contributed by atoms with Crippen LogP contribution >= 0.6 is 24.0 Å². The van der Waals surface area contributed by atoms with Crippen molar-refractivity contribution in [3.05, 3.63) is 53.1 Å². The molecule has 1 fully saturated rings. The number of benzene rings is 2. The van der Waals surface area contributed by atoms with Gasteiger partial charge in [-0.1, -0.05) is 48.4 Å². The van der Waals surface area contributed by atoms with Gasteiger partial charge in [0.2, 0.25) is 0 Å². The van der Waals surface area contributed by atoms with Crippen LogP contribution in [-0.2, 0) is 0 Å². The Morgan fingerprint density at radius 1 is 1.04 bits per heavy atom. The molecule has 25 heavy (non-hydrogen) atoms. The summed E-state index contributed by atoms with van der Waals surface area (Å²) in [6, 6.07) is 14.7. The molecule has 0 amide bonds. The summed E-state index contributed by atoms with van der Waals surface area (Å²) in [7, 11) is 0. The van der Waals surface area contributed by atoms with Crippen molar-refractivity contribution in [1.82, 2.24) is 15.1 Å². The van der Waals surface area contributed by atoms with E-state index >= 15 is 0 Å². The summed E-state index contributed by atoms with van der Waals surface area (Å²) in [6.45, 7) is 4.56. The van der Waals surface area contributed by atoms with Crippen molar-refractivity contribution in [1.29, 1.82) is 0 Å². The quantitative estimate of drug-likeness (QED) is 0.622. The third-order valence-electron chi connectivity index (χ3n) is 5.12. The molecule has 2 aromatic carbocycles. The van der Waals surface area contributed by atoms with Gasteiger partial charge in [0.1, 0.15) is 5.69 Å². The van der Waals surface area contributed by atoms with E-state index in [1.165, 1.54) is 24.8 Å². The molecule has 1 unspecified atom stereocenters. The normalized spacial score (nSPS) is 16.6. The minimum absolute atomic E-state index is 0. The molecule has 1 saturated heterocycles. The van der Waals surface area contributed by atoms with E-state index < -0.39 is 0 Å². The molecule has 1 aliphatic heterocycles. The first-order valence-electron chi connectivity index (χ1n) is 8.71. The number of likely N-dealkylation sites (tertiary alicyclic amines) is 1. The molecule has 5 heteroatoms. The second-order valence-corrected chi connectivity index (χ2v) is 7.00. The van der Waals surface area contributed by atoms with Crippen LogP contribution in [0.5, 0.6) is 0 Å². The number of hydrogen-bond acceptors (Lipinski definition) is 2. The van der Waals surface area contributed by atoms with E-state index in [1.807, 2.05) is 30.3 Å². The molecule has 0 aliphatic carbocycles. The van der Waals surface area contributed by atoms with Crippen LogP contribution in [0.2, 0.25) is 5.02 Å². The number of nitrogens with one attached hydrogen (secondary N) is 1. The lowest BCUT2D eigenvalue weighted by atomic mass is 9.96. The van der Waals surface area contributed by atoms with Gasteiger partial charge in [-0.25, -0.2) is 0 Å². The number of piperidine rings is 1. The van der Waals surface area contributed by atoms with E-state index in [9.17, 15) is 0 Å². The van der Waals surface area contributed by atoms with Crippen LogP contribution < -0.4 is 0 Å². The molecule has 4 rings (SSSR count). The van der Waals surface area contributed by atoms with Gasteiger partial charge >= 0.3 is 0 Å². The van der Waals surface area contributed by atoms with Gasteiger partial charge in [0.15, 0.2) is 0 Å². The van der Waals surface area contributed by atoms with E-state index in [4.69, 9.17) is 11.6 Å². The fourth-order valence-electron chi connectivity index (χ4n) is 3.82. The first-order chi connectivity index (χ1) is 11.8. The molecule has 0 radical (unpaired) electrons. The zero-order chi connectivity index (χ0) is 16.5. The summed E-state index contributed by atoms with van der Waals surface area (Å²) >= 11 is 6.67. The monoisotopic (exact) mass is 375 g/mol. The smallest absolute Gasteiger partial charge is 0.100 e. The molecule has 1 atom stereocenters. The van der Waals surface area contributed by atoms with Gasteiger partial charge in [0, 0.05) is 22.0 Å². The van der Waals surface area contributed by atoms with E-state index in [2.05, 4.69) is 34.2 Å². The second kappa shape index (κ2) is 7.77. The van der Waals surface area contributed by atoms with Gasteiger partial charge in [-0.15, -0.1) is 12.4 Å². The average Bonchev–Trinajstić information content (AvgIpc) is 3.06. The molecule has 2 heterocycles. The maximum Gasteiger partial charge on any atom is 0.100 e. The zero-order valence-corrected chi connectivity index (χ0v) is 15.9. The van der Waals surface area contributed by atoms with Crippen molar-refractivity contribution in [2.45, 2.75) is 32.2 Å². The second-order valence-electron chi connectivity index (χ2n) is 6.59. The minimum atomic E-state index is 0. The van der Waals surface area contributed by atoms with E-state index in [0.717, 1.165) is 40.3 Å². The van der Waals surface area contributed by atoms with Gasteiger partial charge in [0.05, 0.1) is 5.52 Å². The molecule has 3 nitrogen and oxygen atoms in total. The van der Waals surface area contributed by atoms with Crippen molar-refractivity contribution in [2.75, 3.05) is 13.1 Å². The Morgan fingerprint density at radius 2 is 1.76 bits per heavy atom. The molecule has 0 spiro atoms. The van der Waals surface area contributed by atoms with Crippen LogP contribution in [0.4, 0.5) is 0 Å². The molecule has 0 saturated carbocycles. The third kappa shape index (κ3) is 3.41. The lowest BCUT2D eigenvalue weighted by molar-refractivity contribution is 0.176. The number of halogens is 2. The molecule has 1 aliphatic rings. The fraction of sp³-hybridized carbons (Fsp3) is 0.350. The maximum atomic E-state index is 6.67. The van der Waals surface area contributed by atoms with Crippen LogP contribution in [0, 0.1) is 0 Å². The summed E-state index contributed by atoms with van der Waals surface area (Å²) in [4.78, 5) is 2.55. The lowest BCUT2D eigenvalue weighted by Crippen LogP contribution is -2.32. The number of H-pyrrole nitrogens is 1. The zero-order valence-electron chi connectivity index (χ0n) is 14.3. The Bertz CT molecular complexity index is 839. The number of fused-ring (bicyclic) bond motifs is 1. The summed E-state index contributed by atoms with van der Waals surface area (Å²) < 4.78 is 0. The first-order valence-corrected chi connectivity index (χ1v) is 9.09. The molecule has 1 N–H and O–H groups in total. The van der Waals surface area contributed by atoms with Crippen LogP contribution in [0.15, 0.2) is 42.5 Å². The lowest BCUT2D eigenvalue weighted by Gasteiger charge is -2.33. The van der Waals surface area contributed by atoms with Gasteiger partial charge in [-0.3, -0.25) is 10.00 Å². The van der Waals surface area contributed by atoms with Gasteiger partial charge < -0.3 is 0 Å². The summed E-state index contributed by atoms with van der Waals surface area (Å²) in [5, 5.41) is 9.77. The van der Waals surface area contributed by atoms with E-state index in [-0.39, 0.29) is 12.4 Å². The SMILES string of the molecule is CC(c1c(Cl)ccc2[nH]nc(-c3ccccc3)c12)N1CCCCC1.Cl. The number of nitrogens with zero attached hydrogens (tertiary/aromatic N) is 2. The highest BCUT2D eigenvalue weighted by molar-refractivity contribution is 6.32. The van der Waals surface area contributed by atoms with Crippen LogP contribution in [0.1, 0.15) is 37.8 Å². The Morgan fingerprint density at radius 3 is 2.48 bits per heavy atom. The van der Waals surface area contributed by atoms with E-state index in [0.29, 0.717) is 6.04 Å². The molecular weight excluding hydrogens is 353 g/mol. The van der Waals surface area contributed by atoms with Crippen molar-refractivity contribution < 1.29 is 0 Å². The van der Waals surface area contributed by atoms with E-state index in [1.54, 1.807) is 0 Å². The van der Waals surface area contributed by atoms with Gasteiger partial charge in [-0.2, -0.15) is 5.10 Å². The fourth-order valence-corrected chi connectivity index (χ4v) is 4.13. The number of aromatic amines is 1. The van der Waals surface area contributed by atoms with Crippen LogP contribution in [-0.4, -0.2) is 28.2 Å². The summed E-state index contributed by atoms with van der Waals surface area (Å²) in [6.07, 6.45) is 3.88. The predicted octanol–water partition coefficient (Wildman–Crippen LogP) is 5.85.